The summed E-state index contributed by atoms with van der Waals surface area (Å²) < 4.78 is 15.5. The molecule has 1 amide bonds. The quantitative estimate of drug-likeness (QED) is 0.743. The van der Waals surface area contributed by atoms with Gasteiger partial charge < -0.3 is 19.5 Å². The first-order chi connectivity index (χ1) is 12.0. The van der Waals surface area contributed by atoms with Crippen LogP contribution >= 0.6 is 22.9 Å². The van der Waals surface area contributed by atoms with Gasteiger partial charge in [-0.15, -0.1) is 11.3 Å². The maximum absolute atomic E-state index is 12.3. The van der Waals surface area contributed by atoms with Gasteiger partial charge in [0, 0.05) is 4.88 Å². The normalized spacial score (nSPS) is 11.5. The van der Waals surface area contributed by atoms with E-state index in [2.05, 4.69) is 5.32 Å². The summed E-state index contributed by atoms with van der Waals surface area (Å²) in [5.74, 6) is -0.436. The summed E-state index contributed by atoms with van der Waals surface area (Å²) in [6.07, 6.45) is -0.945. The second kappa shape index (κ2) is 8.73. The molecule has 25 heavy (non-hydrogen) atoms. The van der Waals surface area contributed by atoms with Crippen LogP contribution in [0.3, 0.4) is 0 Å². The molecule has 0 saturated heterocycles. The zero-order valence-electron chi connectivity index (χ0n) is 14.0. The van der Waals surface area contributed by atoms with Crippen molar-refractivity contribution in [3.05, 3.63) is 45.1 Å². The Morgan fingerprint density at radius 3 is 2.64 bits per heavy atom. The van der Waals surface area contributed by atoms with Crippen LogP contribution in [0.4, 0.5) is 0 Å². The topological polar surface area (TPSA) is 73.9 Å². The van der Waals surface area contributed by atoms with Gasteiger partial charge >= 0.3 is 5.97 Å². The van der Waals surface area contributed by atoms with Gasteiger partial charge in [0.15, 0.2) is 17.6 Å². The number of carbonyl (C=O) groups is 2. The summed E-state index contributed by atoms with van der Waals surface area (Å²) in [5.41, 5.74) is 0.167. The average Bonchev–Trinajstić information content (AvgIpc) is 3.12. The molecule has 134 valence electrons. The van der Waals surface area contributed by atoms with Crippen molar-refractivity contribution in [2.75, 3.05) is 14.2 Å². The minimum Gasteiger partial charge on any atom is -0.493 e. The molecule has 0 bridgehead atoms. The van der Waals surface area contributed by atoms with Crippen LogP contribution in [0.1, 0.15) is 22.2 Å². The molecule has 1 unspecified atom stereocenters. The highest BCUT2D eigenvalue weighted by molar-refractivity contribution is 7.09. The minimum atomic E-state index is -0.945. The number of amides is 1. The number of thiophene rings is 1. The summed E-state index contributed by atoms with van der Waals surface area (Å²) >= 11 is 7.61. The van der Waals surface area contributed by atoms with Crippen LogP contribution in [0.2, 0.25) is 5.02 Å². The van der Waals surface area contributed by atoms with E-state index in [1.807, 2.05) is 17.5 Å². The minimum absolute atomic E-state index is 0.167. The highest BCUT2D eigenvalue weighted by atomic mass is 35.5. The number of carbonyl (C=O) groups excluding carboxylic acids is 2. The molecule has 2 rings (SSSR count). The Morgan fingerprint density at radius 1 is 1.28 bits per heavy atom. The van der Waals surface area contributed by atoms with Crippen molar-refractivity contribution in [1.29, 1.82) is 0 Å². The number of ether oxygens (including phenoxy) is 3. The summed E-state index contributed by atoms with van der Waals surface area (Å²) in [6.45, 7) is 1.89. The molecule has 0 aliphatic heterocycles. The largest absolute Gasteiger partial charge is 0.493 e. The van der Waals surface area contributed by atoms with E-state index < -0.39 is 12.1 Å². The molecule has 1 heterocycles. The van der Waals surface area contributed by atoms with Gasteiger partial charge in [0.25, 0.3) is 5.91 Å². The highest BCUT2D eigenvalue weighted by Crippen LogP contribution is 2.36. The fourth-order valence-corrected chi connectivity index (χ4v) is 2.98. The maximum Gasteiger partial charge on any atom is 0.339 e. The second-order valence-corrected chi connectivity index (χ2v) is 6.48. The van der Waals surface area contributed by atoms with E-state index in [1.165, 1.54) is 44.6 Å². The first kappa shape index (κ1) is 19.1. The Morgan fingerprint density at radius 2 is 2.04 bits per heavy atom. The highest BCUT2D eigenvalue weighted by Gasteiger charge is 2.21. The zero-order valence-corrected chi connectivity index (χ0v) is 15.6. The average molecular weight is 384 g/mol. The molecule has 1 N–H and O–H groups in total. The summed E-state index contributed by atoms with van der Waals surface area (Å²) in [4.78, 5) is 25.3. The predicted octanol–water partition coefficient (Wildman–Crippen LogP) is 3.28. The van der Waals surface area contributed by atoms with Gasteiger partial charge in [-0.25, -0.2) is 4.79 Å². The van der Waals surface area contributed by atoms with Crippen molar-refractivity contribution < 1.29 is 23.8 Å². The van der Waals surface area contributed by atoms with Crippen molar-refractivity contribution in [1.82, 2.24) is 5.32 Å². The van der Waals surface area contributed by atoms with Crippen molar-refractivity contribution in [3.63, 3.8) is 0 Å². The van der Waals surface area contributed by atoms with Crippen LogP contribution in [0.5, 0.6) is 11.5 Å². The predicted molar refractivity (Wildman–Crippen MR) is 95.6 cm³/mol. The van der Waals surface area contributed by atoms with Crippen molar-refractivity contribution in [3.8, 4) is 11.5 Å². The molecule has 1 atom stereocenters. The molecule has 0 aliphatic rings. The third-order valence-corrected chi connectivity index (χ3v) is 4.50. The fraction of sp³-hybridized carbons (Fsp3) is 0.294. The summed E-state index contributed by atoms with van der Waals surface area (Å²) in [5, 5.41) is 4.85. The number of halogens is 1. The molecular formula is C17H18ClNO5S. The molecule has 0 saturated carbocycles. The van der Waals surface area contributed by atoms with Gasteiger partial charge in [-0.3, -0.25) is 4.79 Å². The summed E-state index contributed by atoms with van der Waals surface area (Å²) in [6, 6.07) is 6.66. The van der Waals surface area contributed by atoms with Gasteiger partial charge in [0.1, 0.15) is 0 Å². The van der Waals surface area contributed by atoms with E-state index in [0.717, 1.165) is 4.88 Å². The molecule has 1 aromatic carbocycles. The van der Waals surface area contributed by atoms with E-state index in [-0.39, 0.29) is 16.5 Å². The van der Waals surface area contributed by atoms with Crippen LogP contribution < -0.4 is 14.8 Å². The lowest BCUT2D eigenvalue weighted by Gasteiger charge is -2.15. The van der Waals surface area contributed by atoms with Gasteiger partial charge in [0.05, 0.1) is 31.4 Å². The maximum atomic E-state index is 12.3. The number of methoxy groups -OCH3 is 2. The lowest BCUT2D eigenvalue weighted by atomic mass is 10.2. The van der Waals surface area contributed by atoms with Crippen LogP contribution in [0.15, 0.2) is 29.6 Å². The third-order valence-electron chi connectivity index (χ3n) is 3.34. The van der Waals surface area contributed by atoms with E-state index in [4.69, 9.17) is 25.8 Å². The molecular weight excluding hydrogens is 366 g/mol. The van der Waals surface area contributed by atoms with Crippen molar-refractivity contribution in [2.45, 2.75) is 19.6 Å². The Balaban J connectivity index is 2.00. The molecule has 0 radical (unpaired) electrons. The van der Waals surface area contributed by atoms with Crippen LogP contribution in [-0.4, -0.2) is 32.2 Å². The SMILES string of the molecule is COc1cc(C(=O)OC(C)C(=O)NCc2cccs2)cc(Cl)c1OC. The van der Waals surface area contributed by atoms with E-state index in [1.54, 1.807) is 0 Å². The number of esters is 1. The van der Waals surface area contributed by atoms with E-state index >= 15 is 0 Å². The van der Waals surface area contributed by atoms with Crippen LogP contribution in [0.25, 0.3) is 0 Å². The smallest absolute Gasteiger partial charge is 0.339 e. The molecule has 1 aromatic heterocycles. The first-order valence-electron chi connectivity index (χ1n) is 7.38. The van der Waals surface area contributed by atoms with Gasteiger partial charge in [-0.05, 0) is 30.5 Å². The fourth-order valence-electron chi connectivity index (χ4n) is 2.05. The summed E-state index contributed by atoms with van der Waals surface area (Å²) in [7, 11) is 2.88. The molecule has 0 spiro atoms. The van der Waals surface area contributed by atoms with Gasteiger partial charge in [-0.1, -0.05) is 17.7 Å². The molecule has 8 heteroatoms. The molecule has 6 nitrogen and oxygen atoms in total. The standard InChI is InChI=1S/C17H18ClNO5S/c1-10(16(20)19-9-12-5-4-6-25-12)24-17(21)11-7-13(18)15(23-3)14(8-11)22-2/h4-8,10H,9H2,1-3H3,(H,19,20). The Hall–Kier alpha value is -2.25. The monoisotopic (exact) mass is 383 g/mol. The van der Waals surface area contributed by atoms with E-state index in [9.17, 15) is 9.59 Å². The van der Waals surface area contributed by atoms with Crippen LogP contribution in [0, 0.1) is 0 Å². The number of hydrogen-bond acceptors (Lipinski definition) is 6. The zero-order chi connectivity index (χ0) is 18.4. The molecule has 2 aromatic rings. The second-order valence-electron chi connectivity index (χ2n) is 5.04. The number of hydrogen-bond donors (Lipinski definition) is 1. The Kier molecular flexibility index (Phi) is 6.66. The number of rotatable bonds is 7. The van der Waals surface area contributed by atoms with Crippen LogP contribution in [-0.2, 0) is 16.1 Å². The lowest BCUT2D eigenvalue weighted by Crippen LogP contribution is -2.35. The Bertz CT molecular complexity index is 748. The molecule has 0 aliphatic carbocycles. The molecule has 0 fully saturated rings. The van der Waals surface area contributed by atoms with Crippen molar-refractivity contribution >= 4 is 34.8 Å². The first-order valence-corrected chi connectivity index (χ1v) is 8.64. The third kappa shape index (κ3) is 4.87. The van der Waals surface area contributed by atoms with Gasteiger partial charge in [-0.2, -0.15) is 0 Å². The van der Waals surface area contributed by atoms with Gasteiger partial charge in [0.2, 0.25) is 0 Å². The van der Waals surface area contributed by atoms with E-state index in [0.29, 0.717) is 18.0 Å². The van der Waals surface area contributed by atoms with Crippen molar-refractivity contribution in [2.24, 2.45) is 0 Å². The Labute approximate surface area is 154 Å². The lowest BCUT2D eigenvalue weighted by molar-refractivity contribution is -0.129. The number of benzene rings is 1. The number of nitrogens with one attached hydrogen (secondary N) is 1.